The number of sulfonamides is 1. The lowest BCUT2D eigenvalue weighted by Crippen LogP contribution is -2.44. The molecule has 1 N–H and O–H groups in total. The lowest BCUT2D eigenvalue weighted by molar-refractivity contribution is 0.137. The Morgan fingerprint density at radius 2 is 1.87 bits per heavy atom. The SMILES string of the molecule is COc1ccc(OC)c(S(=O)(=O)N(C)[C@@H]2CS(=O)(=O)C[C@@H]2O)c1. The molecule has 2 rings (SSSR count). The number of hydrogen-bond acceptors (Lipinski definition) is 7. The molecule has 130 valence electrons. The van der Waals surface area contributed by atoms with E-state index in [0.29, 0.717) is 5.75 Å². The normalized spacial score (nSPS) is 23.9. The third-order valence-electron chi connectivity index (χ3n) is 3.79. The molecular weight excluding hydrogens is 346 g/mol. The Morgan fingerprint density at radius 3 is 2.35 bits per heavy atom. The average molecular weight is 365 g/mol. The van der Waals surface area contributed by atoms with Crippen LogP contribution >= 0.6 is 0 Å². The number of sulfone groups is 1. The molecule has 1 saturated heterocycles. The van der Waals surface area contributed by atoms with E-state index in [1.165, 1.54) is 33.4 Å². The van der Waals surface area contributed by atoms with Crippen molar-refractivity contribution in [3.8, 4) is 11.5 Å². The van der Waals surface area contributed by atoms with Gasteiger partial charge in [-0.05, 0) is 12.1 Å². The Bertz CT molecular complexity index is 789. The molecule has 0 saturated carbocycles. The number of benzene rings is 1. The van der Waals surface area contributed by atoms with E-state index in [-0.39, 0.29) is 10.6 Å². The Balaban J connectivity index is 2.46. The predicted octanol–water partition coefficient (Wildman–Crippen LogP) is -0.518. The van der Waals surface area contributed by atoms with Crippen LogP contribution in [0, 0.1) is 0 Å². The molecule has 2 atom stereocenters. The van der Waals surface area contributed by atoms with Gasteiger partial charge in [0, 0.05) is 13.1 Å². The topological polar surface area (TPSA) is 110 Å². The van der Waals surface area contributed by atoms with Crippen LogP contribution in [0.1, 0.15) is 0 Å². The second kappa shape index (κ2) is 6.27. The van der Waals surface area contributed by atoms with Crippen LogP contribution in [0.3, 0.4) is 0 Å². The zero-order valence-electron chi connectivity index (χ0n) is 13.0. The zero-order valence-corrected chi connectivity index (χ0v) is 14.6. The van der Waals surface area contributed by atoms with Gasteiger partial charge < -0.3 is 14.6 Å². The number of likely N-dealkylation sites (N-methyl/N-ethyl adjacent to an activating group) is 1. The quantitative estimate of drug-likeness (QED) is 0.748. The molecule has 23 heavy (non-hydrogen) atoms. The van der Waals surface area contributed by atoms with Gasteiger partial charge in [0.15, 0.2) is 9.84 Å². The number of aliphatic hydroxyl groups excluding tert-OH is 1. The minimum absolute atomic E-state index is 0.105. The van der Waals surface area contributed by atoms with Crippen LogP contribution in [0.5, 0.6) is 11.5 Å². The van der Waals surface area contributed by atoms with Crippen molar-refractivity contribution in [3.63, 3.8) is 0 Å². The summed E-state index contributed by atoms with van der Waals surface area (Å²) in [6.45, 7) is 0. The molecule has 1 aromatic carbocycles. The van der Waals surface area contributed by atoms with E-state index >= 15 is 0 Å². The van der Waals surface area contributed by atoms with Gasteiger partial charge in [0.25, 0.3) is 0 Å². The van der Waals surface area contributed by atoms with Gasteiger partial charge in [-0.3, -0.25) is 0 Å². The van der Waals surface area contributed by atoms with Crippen molar-refractivity contribution in [2.45, 2.75) is 17.0 Å². The summed E-state index contributed by atoms with van der Waals surface area (Å²) in [4.78, 5) is -0.154. The van der Waals surface area contributed by atoms with Crippen LogP contribution in [0.25, 0.3) is 0 Å². The lowest BCUT2D eigenvalue weighted by Gasteiger charge is -2.26. The van der Waals surface area contributed by atoms with Crippen molar-refractivity contribution in [2.75, 3.05) is 32.8 Å². The lowest BCUT2D eigenvalue weighted by atomic mass is 10.2. The molecule has 8 nitrogen and oxygen atoms in total. The maximum absolute atomic E-state index is 12.8. The average Bonchev–Trinajstić information content (AvgIpc) is 2.78. The summed E-state index contributed by atoms with van der Waals surface area (Å²) in [6.07, 6.45) is -1.27. The maximum Gasteiger partial charge on any atom is 0.247 e. The van der Waals surface area contributed by atoms with Crippen LogP contribution < -0.4 is 9.47 Å². The number of methoxy groups -OCH3 is 2. The smallest absolute Gasteiger partial charge is 0.247 e. The fourth-order valence-electron chi connectivity index (χ4n) is 2.48. The highest BCUT2D eigenvalue weighted by atomic mass is 32.2. The van der Waals surface area contributed by atoms with Gasteiger partial charge in [0.1, 0.15) is 16.4 Å². The van der Waals surface area contributed by atoms with Crippen LogP contribution in [-0.2, 0) is 19.9 Å². The van der Waals surface area contributed by atoms with Gasteiger partial charge in [0.2, 0.25) is 10.0 Å². The van der Waals surface area contributed by atoms with Gasteiger partial charge in [-0.2, -0.15) is 4.31 Å². The second-order valence-electron chi connectivity index (χ2n) is 5.25. The van der Waals surface area contributed by atoms with Crippen molar-refractivity contribution in [1.29, 1.82) is 0 Å². The minimum atomic E-state index is -4.08. The summed E-state index contributed by atoms with van der Waals surface area (Å²) in [5.74, 6) is -0.450. The van der Waals surface area contributed by atoms with E-state index < -0.39 is 43.5 Å². The Labute approximate surface area is 135 Å². The number of rotatable bonds is 5. The summed E-state index contributed by atoms with van der Waals surface area (Å²) < 4.78 is 59.8. The van der Waals surface area contributed by atoms with E-state index in [0.717, 1.165) is 4.31 Å². The molecular formula is C13H19NO7S2. The first kappa shape index (κ1) is 18.0. The van der Waals surface area contributed by atoms with Crippen LogP contribution in [0.4, 0.5) is 0 Å². The summed E-state index contributed by atoms with van der Waals surface area (Å²) in [5.41, 5.74) is 0. The monoisotopic (exact) mass is 365 g/mol. The molecule has 0 spiro atoms. The molecule has 1 aliphatic heterocycles. The molecule has 1 aromatic rings. The van der Waals surface area contributed by atoms with E-state index in [2.05, 4.69) is 0 Å². The fraction of sp³-hybridized carbons (Fsp3) is 0.538. The molecule has 10 heteroatoms. The summed E-state index contributed by atoms with van der Waals surface area (Å²) in [5, 5.41) is 9.89. The third kappa shape index (κ3) is 3.44. The van der Waals surface area contributed by atoms with Crippen molar-refractivity contribution in [1.82, 2.24) is 4.31 Å². The highest BCUT2D eigenvalue weighted by Crippen LogP contribution is 2.32. The molecule has 0 unspecified atom stereocenters. The first-order chi connectivity index (χ1) is 10.6. The van der Waals surface area contributed by atoms with Gasteiger partial charge >= 0.3 is 0 Å². The van der Waals surface area contributed by atoms with E-state index in [1.807, 2.05) is 0 Å². The third-order valence-corrected chi connectivity index (χ3v) is 7.39. The molecule has 0 radical (unpaired) electrons. The molecule has 1 heterocycles. The van der Waals surface area contributed by atoms with Crippen molar-refractivity contribution >= 4 is 19.9 Å². The molecule has 1 fully saturated rings. The number of aliphatic hydroxyl groups is 1. The molecule has 0 bridgehead atoms. The maximum atomic E-state index is 12.8. The van der Waals surface area contributed by atoms with Gasteiger partial charge in [-0.15, -0.1) is 0 Å². The number of hydrogen-bond donors (Lipinski definition) is 1. The minimum Gasteiger partial charge on any atom is -0.497 e. The highest BCUT2D eigenvalue weighted by molar-refractivity contribution is 7.92. The van der Waals surface area contributed by atoms with Crippen LogP contribution in [-0.4, -0.2) is 71.2 Å². The van der Waals surface area contributed by atoms with E-state index in [9.17, 15) is 21.9 Å². The molecule has 0 aromatic heterocycles. The Morgan fingerprint density at radius 1 is 1.22 bits per heavy atom. The second-order valence-corrected chi connectivity index (χ2v) is 9.37. The number of nitrogens with zero attached hydrogens (tertiary/aromatic N) is 1. The highest BCUT2D eigenvalue weighted by Gasteiger charge is 2.43. The first-order valence-corrected chi connectivity index (χ1v) is 9.97. The molecule has 0 amide bonds. The fourth-order valence-corrected chi connectivity index (χ4v) is 5.97. The molecule has 0 aliphatic carbocycles. The van der Waals surface area contributed by atoms with Crippen LogP contribution in [0.15, 0.2) is 23.1 Å². The zero-order chi connectivity index (χ0) is 17.4. The number of ether oxygens (including phenoxy) is 2. The van der Waals surface area contributed by atoms with E-state index in [1.54, 1.807) is 6.07 Å². The predicted molar refractivity (Wildman–Crippen MR) is 82.9 cm³/mol. The van der Waals surface area contributed by atoms with Gasteiger partial charge in [-0.25, -0.2) is 16.8 Å². The standard InChI is InChI=1S/C13H19NO7S2/c1-14(10-7-22(16,17)8-11(10)15)23(18,19)13-6-9(20-2)4-5-12(13)21-3/h4-6,10-11,15H,7-8H2,1-3H3/t10-,11+/m1/s1. The van der Waals surface area contributed by atoms with E-state index in [4.69, 9.17) is 9.47 Å². The van der Waals surface area contributed by atoms with Crippen LogP contribution in [0.2, 0.25) is 0 Å². The molecule has 1 aliphatic rings. The largest absolute Gasteiger partial charge is 0.497 e. The Kier molecular flexibility index (Phi) is 4.90. The first-order valence-electron chi connectivity index (χ1n) is 6.71. The van der Waals surface area contributed by atoms with Crippen molar-refractivity contribution in [2.24, 2.45) is 0 Å². The summed E-state index contributed by atoms with van der Waals surface area (Å²) >= 11 is 0. The van der Waals surface area contributed by atoms with Gasteiger partial charge in [-0.1, -0.05) is 0 Å². The van der Waals surface area contributed by atoms with Gasteiger partial charge in [0.05, 0.1) is 37.9 Å². The summed E-state index contributed by atoms with van der Waals surface area (Å²) in [7, 11) is -3.58. The Hall–Kier alpha value is -1.36. The van der Waals surface area contributed by atoms with Crippen molar-refractivity contribution in [3.05, 3.63) is 18.2 Å². The van der Waals surface area contributed by atoms with Crippen molar-refractivity contribution < 1.29 is 31.4 Å². The summed E-state index contributed by atoms with van der Waals surface area (Å²) in [6, 6.07) is 3.25.